The quantitative estimate of drug-likeness (QED) is 0.622. The number of carbonyl (C=O) groups is 2. The SMILES string of the molecule is O=C(NC[C@H]1CCCO1)c1ccccc1NC(=O)[C@H]1CCCN(S(=O)(=O)c2ccc(F)cc2)C1. The van der Waals surface area contributed by atoms with E-state index in [4.69, 9.17) is 4.74 Å². The van der Waals surface area contributed by atoms with E-state index in [2.05, 4.69) is 10.6 Å². The molecular formula is C24H28FN3O5S. The zero-order valence-electron chi connectivity index (χ0n) is 18.7. The highest BCUT2D eigenvalue weighted by atomic mass is 32.2. The Labute approximate surface area is 198 Å². The van der Waals surface area contributed by atoms with Gasteiger partial charge < -0.3 is 15.4 Å². The summed E-state index contributed by atoms with van der Waals surface area (Å²) in [6.07, 6.45) is 2.92. The number of carbonyl (C=O) groups excluding carboxylic acids is 2. The van der Waals surface area contributed by atoms with Crippen molar-refractivity contribution in [1.29, 1.82) is 0 Å². The first-order valence-corrected chi connectivity index (χ1v) is 12.8. The van der Waals surface area contributed by atoms with Crippen LogP contribution in [0.3, 0.4) is 0 Å². The Balaban J connectivity index is 1.41. The lowest BCUT2D eigenvalue weighted by Gasteiger charge is -2.31. The maximum absolute atomic E-state index is 13.2. The van der Waals surface area contributed by atoms with E-state index in [0.29, 0.717) is 37.2 Å². The Kier molecular flexibility index (Phi) is 7.60. The van der Waals surface area contributed by atoms with Crippen LogP contribution in [0.15, 0.2) is 53.4 Å². The second kappa shape index (κ2) is 10.6. The molecular weight excluding hydrogens is 461 g/mol. The smallest absolute Gasteiger partial charge is 0.253 e. The van der Waals surface area contributed by atoms with Gasteiger partial charge in [-0.05, 0) is 62.1 Å². The molecule has 2 N–H and O–H groups in total. The summed E-state index contributed by atoms with van der Waals surface area (Å²) >= 11 is 0. The molecule has 2 aromatic carbocycles. The van der Waals surface area contributed by atoms with Crippen molar-refractivity contribution in [2.24, 2.45) is 5.92 Å². The molecule has 2 aliphatic rings. The van der Waals surface area contributed by atoms with Gasteiger partial charge in [-0.25, -0.2) is 12.8 Å². The monoisotopic (exact) mass is 489 g/mol. The molecule has 0 aliphatic carbocycles. The number of nitrogens with one attached hydrogen (secondary N) is 2. The van der Waals surface area contributed by atoms with Crippen LogP contribution in [0.2, 0.25) is 0 Å². The third kappa shape index (κ3) is 5.63. The molecule has 0 aromatic heterocycles. The Hall–Kier alpha value is -2.82. The summed E-state index contributed by atoms with van der Waals surface area (Å²) in [5, 5.41) is 5.66. The largest absolute Gasteiger partial charge is 0.376 e. The van der Waals surface area contributed by atoms with Crippen LogP contribution < -0.4 is 10.6 Å². The molecule has 0 unspecified atom stereocenters. The first-order valence-electron chi connectivity index (χ1n) is 11.4. The number of ether oxygens (including phenoxy) is 1. The minimum Gasteiger partial charge on any atom is -0.376 e. The molecule has 2 atom stereocenters. The Bertz CT molecular complexity index is 1130. The van der Waals surface area contributed by atoms with Crippen molar-refractivity contribution in [2.45, 2.75) is 36.7 Å². The number of nitrogens with zero attached hydrogens (tertiary/aromatic N) is 1. The number of para-hydroxylation sites is 1. The zero-order chi connectivity index (χ0) is 24.1. The number of benzene rings is 2. The average molecular weight is 490 g/mol. The standard InChI is InChI=1S/C24H28FN3O5S/c25-18-9-11-20(12-10-18)34(31,32)28-13-3-5-17(16-28)23(29)27-22-8-2-1-7-21(22)24(30)26-15-19-6-4-14-33-19/h1-2,7-12,17,19H,3-6,13-16H2,(H,26,30)(H,27,29)/t17-,19+/m0/s1. The predicted molar refractivity (Wildman–Crippen MR) is 124 cm³/mol. The van der Waals surface area contributed by atoms with E-state index in [9.17, 15) is 22.4 Å². The number of hydrogen-bond acceptors (Lipinski definition) is 5. The van der Waals surface area contributed by atoms with Crippen LogP contribution in [0.5, 0.6) is 0 Å². The molecule has 0 bridgehead atoms. The van der Waals surface area contributed by atoms with E-state index in [0.717, 1.165) is 25.0 Å². The number of anilines is 1. The normalized spacial score (nSPS) is 21.2. The number of sulfonamides is 1. The van der Waals surface area contributed by atoms with Crippen LogP contribution in [-0.4, -0.2) is 56.9 Å². The van der Waals surface area contributed by atoms with Crippen LogP contribution >= 0.6 is 0 Å². The second-order valence-corrected chi connectivity index (χ2v) is 10.5. The first-order chi connectivity index (χ1) is 16.3. The van der Waals surface area contributed by atoms with Crippen molar-refractivity contribution in [1.82, 2.24) is 9.62 Å². The summed E-state index contributed by atoms with van der Waals surface area (Å²) in [6, 6.07) is 11.4. The lowest BCUT2D eigenvalue weighted by molar-refractivity contribution is -0.120. The minimum atomic E-state index is -3.84. The number of rotatable bonds is 7. The highest BCUT2D eigenvalue weighted by molar-refractivity contribution is 7.89. The zero-order valence-corrected chi connectivity index (χ0v) is 19.5. The third-order valence-electron chi connectivity index (χ3n) is 6.15. The molecule has 0 saturated carbocycles. The van der Waals surface area contributed by atoms with Crippen molar-refractivity contribution < 1.29 is 27.1 Å². The Morgan fingerprint density at radius 1 is 1.06 bits per heavy atom. The van der Waals surface area contributed by atoms with Gasteiger partial charge in [0.15, 0.2) is 0 Å². The lowest BCUT2D eigenvalue weighted by Crippen LogP contribution is -2.43. The highest BCUT2D eigenvalue weighted by Crippen LogP contribution is 2.26. The summed E-state index contributed by atoms with van der Waals surface area (Å²) < 4.78 is 45.9. The number of piperidine rings is 1. The van der Waals surface area contributed by atoms with Gasteiger partial charge >= 0.3 is 0 Å². The Morgan fingerprint density at radius 3 is 2.56 bits per heavy atom. The fourth-order valence-electron chi connectivity index (χ4n) is 4.26. The summed E-state index contributed by atoms with van der Waals surface area (Å²) in [4.78, 5) is 25.7. The topological polar surface area (TPSA) is 105 Å². The molecule has 2 heterocycles. The fraction of sp³-hybridized carbons (Fsp3) is 0.417. The van der Waals surface area contributed by atoms with Crippen LogP contribution in [0.25, 0.3) is 0 Å². The summed E-state index contributed by atoms with van der Waals surface area (Å²) in [5.74, 6) is -1.76. The van der Waals surface area contributed by atoms with Crippen molar-refractivity contribution in [3.05, 3.63) is 59.9 Å². The van der Waals surface area contributed by atoms with Gasteiger partial charge in [0.1, 0.15) is 5.82 Å². The van der Waals surface area contributed by atoms with Crippen LogP contribution in [0, 0.1) is 11.7 Å². The van der Waals surface area contributed by atoms with Crippen molar-refractivity contribution in [2.75, 3.05) is 31.6 Å². The van der Waals surface area contributed by atoms with Crippen LogP contribution in [0.1, 0.15) is 36.0 Å². The first kappa shape index (κ1) is 24.3. The molecule has 0 radical (unpaired) electrons. The molecule has 8 nitrogen and oxygen atoms in total. The summed E-state index contributed by atoms with van der Waals surface area (Å²) in [6.45, 7) is 1.40. The molecule has 0 spiro atoms. The predicted octanol–water partition coefficient (Wildman–Crippen LogP) is 2.77. The van der Waals surface area contributed by atoms with Crippen LogP contribution in [0.4, 0.5) is 10.1 Å². The van der Waals surface area contributed by atoms with Crippen molar-refractivity contribution in [3.8, 4) is 0 Å². The molecule has 2 fully saturated rings. The van der Waals surface area contributed by atoms with Gasteiger partial charge in [-0.15, -0.1) is 0 Å². The maximum Gasteiger partial charge on any atom is 0.253 e. The van der Waals surface area contributed by atoms with E-state index in [1.807, 2.05) is 0 Å². The third-order valence-corrected chi connectivity index (χ3v) is 8.03. The molecule has 10 heteroatoms. The van der Waals surface area contributed by atoms with Gasteiger partial charge in [-0.3, -0.25) is 9.59 Å². The number of amides is 2. The molecule has 2 amide bonds. The van der Waals surface area contributed by atoms with Crippen LogP contribution in [-0.2, 0) is 19.6 Å². The van der Waals surface area contributed by atoms with Gasteiger partial charge in [0.2, 0.25) is 15.9 Å². The summed E-state index contributed by atoms with van der Waals surface area (Å²) in [5.41, 5.74) is 0.705. The molecule has 4 rings (SSSR count). The minimum absolute atomic E-state index is 0.00183. The van der Waals surface area contributed by atoms with E-state index in [1.165, 1.54) is 16.4 Å². The van der Waals surface area contributed by atoms with Gasteiger partial charge in [0, 0.05) is 26.2 Å². The summed E-state index contributed by atoms with van der Waals surface area (Å²) in [7, 11) is -3.84. The molecule has 34 heavy (non-hydrogen) atoms. The van der Waals surface area contributed by atoms with Crippen molar-refractivity contribution >= 4 is 27.5 Å². The number of halogens is 1. The molecule has 2 aliphatic heterocycles. The fourth-order valence-corrected chi connectivity index (χ4v) is 5.79. The molecule has 2 saturated heterocycles. The Morgan fingerprint density at radius 2 is 1.82 bits per heavy atom. The van der Waals surface area contributed by atoms with Gasteiger partial charge in [0.25, 0.3) is 5.91 Å². The number of hydrogen-bond donors (Lipinski definition) is 2. The molecule has 182 valence electrons. The van der Waals surface area contributed by atoms with E-state index >= 15 is 0 Å². The van der Waals surface area contributed by atoms with Gasteiger partial charge in [-0.1, -0.05) is 12.1 Å². The maximum atomic E-state index is 13.2. The molecule has 2 aromatic rings. The van der Waals surface area contributed by atoms with Gasteiger partial charge in [0.05, 0.1) is 28.2 Å². The average Bonchev–Trinajstić information content (AvgIpc) is 3.37. The van der Waals surface area contributed by atoms with Gasteiger partial charge in [-0.2, -0.15) is 4.31 Å². The van der Waals surface area contributed by atoms with E-state index < -0.39 is 21.8 Å². The van der Waals surface area contributed by atoms with E-state index in [1.54, 1.807) is 24.3 Å². The second-order valence-electron chi connectivity index (χ2n) is 8.54. The van der Waals surface area contributed by atoms with E-state index in [-0.39, 0.29) is 35.9 Å². The highest BCUT2D eigenvalue weighted by Gasteiger charge is 2.33. The van der Waals surface area contributed by atoms with Crippen molar-refractivity contribution in [3.63, 3.8) is 0 Å². The lowest BCUT2D eigenvalue weighted by atomic mass is 9.98.